The van der Waals surface area contributed by atoms with Gasteiger partial charge in [-0.05, 0) is 77.0 Å². The first-order valence-electron chi connectivity index (χ1n) is 32.4. The second kappa shape index (κ2) is 56.0. The molecule has 10 heteroatoms. The summed E-state index contributed by atoms with van der Waals surface area (Å²) in [7, 11) is 1.42. The van der Waals surface area contributed by atoms with Gasteiger partial charge in [0, 0.05) is 6.42 Å². The third-order valence-electron chi connectivity index (χ3n) is 14.9. The van der Waals surface area contributed by atoms with Crippen molar-refractivity contribution >= 4 is 13.7 Å². The van der Waals surface area contributed by atoms with Crippen LogP contribution >= 0.6 is 7.82 Å². The van der Waals surface area contributed by atoms with Crippen LogP contribution in [0.4, 0.5) is 0 Å². The lowest BCUT2D eigenvalue weighted by atomic mass is 10.0. The molecule has 0 radical (unpaired) electrons. The van der Waals surface area contributed by atoms with E-state index < -0.39 is 32.7 Å². The smallest absolute Gasteiger partial charge is 0.390 e. The Morgan fingerprint density at radius 1 is 0.453 bits per heavy atom. The Morgan fingerprint density at radius 2 is 0.760 bits per heavy atom. The van der Waals surface area contributed by atoms with E-state index in [1.807, 2.05) is 21.1 Å². The highest BCUT2D eigenvalue weighted by atomic mass is 31.2. The number of nitrogens with one attached hydrogen (secondary N) is 1. The fourth-order valence-corrected chi connectivity index (χ4v) is 10.5. The zero-order chi connectivity index (χ0) is 55.0. The summed E-state index contributed by atoms with van der Waals surface area (Å²) in [6, 6.07) is -1.05. The van der Waals surface area contributed by atoms with E-state index in [0.29, 0.717) is 23.9 Å². The zero-order valence-electron chi connectivity index (χ0n) is 50.4. The summed E-state index contributed by atoms with van der Waals surface area (Å²) < 4.78 is 23.6. The average molecular weight is 1080 g/mol. The first kappa shape index (κ1) is 73.7. The number of aliphatic hydroxyl groups is 2. The predicted octanol–water partition coefficient (Wildman–Crippen LogP) is 19.1. The number of phosphoric acid groups is 1. The summed E-state index contributed by atoms with van der Waals surface area (Å²) in [6.07, 6.45) is 70.1. The summed E-state index contributed by atoms with van der Waals surface area (Å²) in [6.45, 7) is 4.57. The molecule has 1 amide bonds. The molecule has 0 aromatic heterocycles. The van der Waals surface area contributed by atoms with Crippen molar-refractivity contribution in [2.24, 2.45) is 0 Å². The number of phosphoric ester groups is 1. The zero-order valence-corrected chi connectivity index (χ0v) is 51.3. The third kappa shape index (κ3) is 57.2. The average Bonchev–Trinajstić information content (AvgIpc) is 3.37. The summed E-state index contributed by atoms with van der Waals surface area (Å²) in [4.78, 5) is 23.3. The van der Waals surface area contributed by atoms with Crippen LogP contribution in [0.25, 0.3) is 0 Å². The maximum absolute atomic E-state index is 13.0. The fourth-order valence-electron chi connectivity index (χ4n) is 9.81. The summed E-state index contributed by atoms with van der Waals surface area (Å²) >= 11 is 0. The number of nitrogens with zero attached hydrogens (tertiary/aromatic N) is 1. The number of unbranched alkanes of at least 4 members (excludes halogenated alkanes) is 40. The van der Waals surface area contributed by atoms with Crippen molar-refractivity contribution in [3.05, 3.63) is 36.5 Å². The number of amides is 1. The number of hydrogen-bond donors (Lipinski definition) is 4. The summed E-state index contributed by atoms with van der Waals surface area (Å²) in [5.74, 6) is -0.267. The molecule has 0 aromatic rings. The SMILES string of the molecule is CCCCC/C=C/CC/C=C/CCCC(O)C(O)C(COP(=O)(O)OCC[N+](C)(C)C)NC(=O)CCCCCCCCCCCCCCCCCCCCCCCCCCCCC/C=C\CCCCCCCCCC. The number of hydrogen-bond acceptors (Lipinski definition) is 6. The Morgan fingerprint density at radius 3 is 1.13 bits per heavy atom. The maximum Gasteiger partial charge on any atom is 0.472 e. The first-order valence-corrected chi connectivity index (χ1v) is 33.9. The molecule has 444 valence electrons. The van der Waals surface area contributed by atoms with Gasteiger partial charge in [0.25, 0.3) is 0 Å². The fraction of sp³-hybridized carbons (Fsp3) is 0.892. The molecule has 0 aromatic carbocycles. The van der Waals surface area contributed by atoms with Crippen molar-refractivity contribution in [1.82, 2.24) is 5.32 Å². The van der Waals surface area contributed by atoms with Crippen LogP contribution in [0.2, 0.25) is 0 Å². The lowest BCUT2D eigenvalue weighted by molar-refractivity contribution is -0.870. The molecule has 0 aliphatic carbocycles. The third-order valence-corrected chi connectivity index (χ3v) is 15.9. The molecule has 4 N–H and O–H groups in total. The molecule has 4 atom stereocenters. The van der Waals surface area contributed by atoms with E-state index in [4.69, 9.17) is 9.05 Å². The molecule has 0 heterocycles. The quantitative estimate of drug-likeness (QED) is 0.0207. The molecular weight excluding hydrogens is 952 g/mol. The number of carbonyl (C=O) groups is 1. The molecule has 9 nitrogen and oxygen atoms in total. The largest absolute Gasteiger partial charge is 0.472 e. The summed E-state index contributed by atoms with van der Waals surface area (Å²) in [5, 5.41) is 24.8. The van der Waals surface area contributed by atoms with Gasteiger partial charge in [0.1, 0.15) is 19.3 Å². The standard InChI is InChI=1S/C65H127N2O7P/c1-6-8-10-12-14-16-18-20-21-22-23-24-25-26-27-28-29-30-31-32-33-34-35-36-37-38-39-40-41-42-43-44-45-46-48-50-52-54-56-58-64(69)66-62(61-74-75(71,72)73-60-59-67(3,4)5)65(70)63(68)57-55-53-51-49-47-19-17-15-13-11-9-7-2/h15,17,22-23,49,51,62-63,65,68,70H,6-14,16,18-21,24-48,50,52-61H2,1-5H3,(H-,66,69,71,72)/p+1/b17-15+,23-22-,51-49+. The Hall–Kier alpha value is -1.32. The number of quaternary nitrogens is 1. The molecule has 0 fully saturated rings. The molecule has 0 aliphatic rings. The molecule has 0 aliphatic heterocycles. The summed E-state index contributed by atoms with van der Waals surface area (Å²) in [5.41, 5.74) is 0. The maximum atomic E-state index is 13.0. The van der Waals surface area contributed by atoms with Crippen LogP contribution in [0, 0.1) is 0 Å². The normalized spacial score (nSPS) is 14.4. The van der Waals surface area contributed by atoms with Crippen molar-refractivity contribution in [2.45, 2.75) is 334 Å². The number of aliphatic hydroxyl groups excluding tert-OH is 2. The van der Waals surface area contributed by atoms with Gasteiger partial charge < -0.3 is 24.9 Å². The minimum absolute atomic E-state index is 0.0152. The van der Waals surface area contributed by atoms with Crippen LogP contribution in [-0.4, -0.2) is 84.6 Å². The highest BCUT2D eigenvalue weighted by Gasteiger charge is 2.32. The molecule has 0 spiro atoms. The van der Waals surface area contributed by atoms with Gasteiger partial charge in [-0.15, -0.1) is 0 Å². The van der Waals surface area contributed by atoms with Gasteiger partial charge in [0.15, 0.2) is 0 Å². The Labute approximate surface area is 466 Å². The van der Waals surface area contributed by atoms with E-state index in [-0.39, 0.29) is 18.9 Å². The van der Waals surface area contributed by atoms with Crippen molar-refractivity contribution in [3.63, 3.8) is 0 Å². The van der Waals surface area contributed by atoms with E-state index in [1.54, 1.807) is 0 Å². The van der Waals surface area contributed by atoms with Crippen LogP contribution in [-0.2, 0) is 18.4 Å². The van der Waals surface area contributed by atoms with Gasteiger partial charge in [0.2, 0.25) is 5.91 Å². The molecule has 4 unspecified atom stereocenters. The van der Waals surface area contributed by atoms with Crippen molar-refractivity contribution < 1.29 is 38.0 Å². The topological polar surface area (TPSA) is 125 Å². The minimum atomic E-state index is -4.43. The number of rotatable bonds is 60. The van der Waals surface area contributed by atoms with Gasteiger partial charge in [-0.25, -0.2) is 4.57 Å². The van der Waals surface area contributed by atoms with E-state index in [9.17, 15) is 24.5 Å². The van der Waals surface area contributed by atoms with E-state index in [2.05, 4.69) is 55.6 Å². The Balaban J connectivity index is 3.91. The molecule has 75 heavy (non-hydrogen) atoms. The molecule has 0 saturated carbocycles. The van der Waals surface area contributed by atoms with Crippen molar-refractivity contribution in [3.8, 4) is 0 Å². The van der Waals surface area contributed by atoms with Crippen LogP contribution in [0.1, 0.15) is 316 Å². The first-order chi connectivity index (χ1) is 36.4. The highest BCUT2D eigenvalue weighted by molar-refractivity contribution is 7.47. The van der Waals surface area contributed by atoms with Gasteiger partial charge >= 0.3 is 7.82 Å². The Bertz CT molecular complexity index is 1340. The number of likely N-dealkylation sites (N-methyl/N-ethyl adjacent to an activating group) is 1. The second-order valence-corrected chi connectivity index (χ2v) is 25.1. The van der Waals surface area contributed by atoms with Crippen molar-refractivity contribution in [1.29, 1.82) is 0 Å². The second-order valence-electron chi connectivity index (χ2n) is 23.6. The van der Waals surface area contributed by atoms with E-state index in [1.165, 1.54) is 238 Å². The Kier molecular flexibility index (Phi) is 55.0. The lowest BCUT2D eigenvalue weighted by Gasteiger charge is -2.28. The predicted molar refractivity (Wildman–Crippen MR) is 324 cm³/mol. The van der Waals surface area contributed by atoms with Crippen molar-refractivity contribution in [2.75, 3.05) is 40.9 Å². The van der Waals surface area contributed by atoms with E-state index in [0.717, 1.165) is 44.9 Å². The number of carbonyl (C=O) groups excluding carboxylic acids is 1. The minimum Gasteiger partial charge on any atom is -0.390 e. The van der Waals surface area contributed by atoms with Crippen LogP contribution in [0.5, 0.6) is 0 Å². The van der Waals surface area contributed by atoms with Crippen LogP contribution < -0.4 is 5.32 Å². The van der Waals surface area contributed by atoms with Gasteiger partial charge in [-0.3, -0.25) is 13.8 Å². The van der Waals surface area contributed by atoms with Crippen LogP contribution in [0.3, 0.4) is 0 Å². The number of allylic oxidation sites excluding steroid dienone is 6. The monoisotopic (exact) mass is 1080 g/mol. The lowest BCUT2D eigenvalue weighted by Crippen LogP contribution is -2.51. The van der Waals surface area contributed by atoms with E-state index >= 15 is 0 Å². The molecule has 0 rings (SSSR count). The molecular formula is C65H128N2O7P+. The highest BCUT2D eigenvalue weighted by Crippen LogP contribution is 2.43. The van der Waals surface area contributed by atoms with Crippen LogP contribution in [0.15, 0.2) is 36.5 Å². The van der Waals surface area contributed by atoms with Gasteiger partial charge in [-0.2, -0.15) is 0 Å². The molecule has 0 saturated heterocycles. The van der Waals surface area contributed by atoms with Gasteiger partial charge in [0.05, 0.1) is 39.9 Å². The van der Waals surface area contributed by atoms with Gasteiger partial charge in [-0.1, -0.05) is 269 Å². The molecule has 0 bridgehead atoms.